The minimum absolute atomic E-state index is 0.000181. The van der Waals surface area contributed by atoms with Crippen molar-refractivity contribution in [2.45, 2.75) is 65.3 Å². The van der Waals surface area contributed by atoms with Gasteiger partial charge in [0.15, 0.2) is 0 Å². The summed E-state index contributed by atoms with van der Waals surface area (Å²) in [6.07, 6.45) is 0. The molecule has 0 saturated carbocycles. The molecule has 0 radical (unpaired) electrons. The van der Waals surface area contributed by atoms with Gasteiger partial charge in [0.25, 0.3) is 0 Å². The molecule has 26 heavy (non-hydrogen) atoms. The van der Waals surface area contributed by atoms with Crippen LogP contribution < -0.4 is 5.32 Å². The van der Waals surface area contributed by atoms with Gasteiger partial charge in [-0.15, -0.1) is 0 Å². The van der Waals surface area contributed by atoms with Crippen molar-refractivity contribution in [3.05, 3.63) is 35.9 Å². The molecule has 1 aliphatic rings. The van der Waals surface area contributed by atoms with Gasteiger partial charge in [0.05, 0.1) is 12.2 Å². The fraction of sp³-hybridized carbons (Fsp3) is 0.727. The lowest BCUT2D eigenvalue weighted by Gasteiger charge is -2.40. The molecule has 1 heterocycles. The number of ether oxygens (including phenoxy) is 1. The molecule has 0 aromatic heterocycles. The SMILES string of the molecule is CC(C)NC(C)(C)COC(C)(C)CN1CCN(Cc2ccccc2)CC1. The molecule has 1 fully saturated rings. The fourth-order valence-electron chi connectivity index (χ4n) is 3.73. The average molecular weight is 362 g/mol. The number of piperazine rings is 1. The Kier molecular flexibility index (Phi) is 7.65. The van der Waals surface area contributed by atoms with Crippen molar-refractivity contribution in [2.24, 2.45) is 0 Å². The van der Waals surface area contributed by atoms with E-state index >= 15 is 0 Å². The van der Waals surface area contributed by atoms with E-state index in [0.29, 0.717) is 6.04 Å². The van der Waals surface area contributed by atoms with Gasteiger partial charge in [0, 0.05) is 50.8 Å². The highest BCUT2D eigenvalue weighted by atomic mass is 16.5. The molecule has 0 atom stereocenters. The van der Waals surface area contributed by atoms with Crippen LogP contribution in [0, 0.1) is 0 Å². The Bertz CT molecular complexity index is 519. The minimum atomic E-state index is -0.127. The van der Waals surface area contributed by atoms with Crippen LogP contribution in [-0.2, 0) is 11.3 Å². The first kappa shape index (κ1) is 21.4. The van der Waals surface area contributed by atoms with Crippen molar-refractivity contribution < 1.29 is 4.74 Å². The maximum atomic E-state index is 6.30. The lowest BCUT2D eigenvalue weighted by Crippen LogP contribution is -2.53. The van der Waals surface area contributed by atoms with Gasteiger partial charge < -0.3 is 10.1 Å². The fourth-order valence-corrected chi connectivity index (χ4v) is 3.73. The number of nitrogens with zero attached hydrogens (tertiary/aromatic N) is 2. The molecule has 0 spiro atoms. The average Bonchev–Trinajstić information content (AvgIpc) is 2.55. The number of hydrogen-bond donors (Lipinski definition) is 1. The van der Waals surface area contributed by atoms with E-state index in [1.54, 1.807) is 0 Å². The van der Waals surface area contributed by atoms with E-state index in [1.807, 2.05) is 0 Å². The van der Waals surface area contributed by atoms with Gasteiger partial charge in [0.2, 0.25) is 0 Å². The summed E-state index contributed by atoms with van der Waals surface area (Å²) in [5.74, 6) is 0. The van der Waals surface area contributed by atoms with Gasteiger partial charge in [-0.1, -0.05) is 44.2 Å². The molecule has 1 aromatic rings. The van der Waals surface area contributed by atoms with E-state index in [0.717, 1.165) is 45.9 Å². The van der Waals surface area contributed by atoms with Crippen LogP contribution in [0.25, 0.3) is 0 Å². The first-order valence-corrected chi connectivity index (χ1v) is 10.1. The summed E-state index contributed by atoms with van der Waals surface area (Å²) in [5.41, 5.74) is 1.28. The van der Waals surface area contributed by atoms with Crippen molar-refractivity contribution in [3.63, 3.8) is 0 Å². The van der Waals surface area contributed by atoms with E-state index in [1.165, 1.54) is 5.56 Å². The third-order valence-electron chi connectivity index (χ3n) is 4.82. The highest BCUT2D eigenvalue weighted by molar-refractivity contribution is 5.14. The van der Waals surface area contributed by atoms with E-state index in [4.69, 9.17) is 4.74 Å². The Balaban J connectivity index is 1.73. The van der Waals surface area contributed by atoms with Crippen LogP contribution in [0.5, 0.6) is 0 Å². The molecule has 4 nitrogen and oxygen atoms in total. The predicted molar refractivity (Wildman–Crippen MR) is 111 cm³/mol. The highest BCUT2D eigenvalue weighted by Gasteiger charge is 2.28. The molecule has 0 unspecified atom stereocenters. The summed E-state index contributed by atoms with van der Waals surface area (Å²) in [7, 11) is 0. The van der Waals surface area contributed by atoms with Gasteiger partial charge in [-0.3, -0.25) is 9.80 Å². The Hall–Kier alpha value is -0.940. The largest absolute Gasteiger partial charge is 0.372 e. The molecule has 1 aliphatic heterocycles. The highest BCUT2D eigenvalue weighted by Crippen LogP contribution is 2.17. The van der Waals surface area contributed by atoms with Crippen molar-refractivity contribution >= 4 is 0 Å². The van der Waals surface area contributed by atoms with Gasteiger partial charge >= 0.3 is 0 Å². The minimum Gasteiger partial charge on any atom is -0.372 e. The quantitative estimate of drug-likeness (QED) is 0.730. The molecule has 0 bridgehead atoms. The summed E-state index contributed by atoms with van der Waals surface area (Å²) in [6.45, 7) is 20.5. The molecule has 1 aromatic carbocycles. The Morgan fingerprint density at radius 3 is 2.12 bits per heavy atom. The molecule has 4 heteroatoms. The molecule has 0 amide bonds. The zero-order valence-electron chi connectivity index (χ0n) is 17.7. The van der Waals surface area contributed by atoms with Crippen molar-refractivity contribution in [1.82, 2.24) is 15.1 Å². The number of hydrogen-bond acceptors (Lipinski definition) is 4. The first-order chi connectivity index (χ1) is 12.2. The molecule has 1 N–H and O–H groups in total. The summed E-state index contributed by atoms with van der Waals surface area (Å²) in [5, 5.41) is 3.58. The lowest BCUT2D eigenvalue weighted by atomic mass is 10.0. The van der Waals surface area contributed by atoms with Crippen LogP contribution in [0.4, 0.5) is 0 Å². The number of nitrogens with one attached hydrogen (secondary N) is 1. The molecular formula is C22H39N3O. The zero-order valence-corrected chi connectivity index (χ0v) is 17.7. The van der Waals surface area contributed by atoms with Crippen LogP contribution in [0.15, 0.2) is 30.3 Å². The van der Waals surface area contributed by atoms with Gasteiger partial charge in [-0.25, -0.2) is 0 Å². The standard InChI is InChI=1S/C22H39N3O/c1-19(2)23-21(3,4)18-26-22(5,6)17-25-14-12-24(13-15-25)16-20-10-8-7-9-11-20/h7-11,19,23H,12-18H2,1-6H3. The zero-order chi connectivity index (χ0) is 19.2. The van der Waals surface area contributed by atoms with Crippen LogP contribution in [0.2, 0.25) is 0 Å². The van der Waals surface area contributed by atoms with Gasteiger partial charge in [0.1, 0.15) is 0 Å². The smallest absolute Gasteiger partial charge is 0.0753 e. The third kappa shape index (κ3) is 7.75. The first-order valence-electron chi connectivity index (χ1n) is 10.1. The second-order valence-electron chi connectivity index (χ2n) is 9.27. The molecule has 2 rings (SSSR count). The number of rotatable bonds is 9. The van der Waals surface area contributed by atoms with Crippen LogP contribution >= 0.6 is 0 Å². The molecule has 1 saturated heterocycles. The second kappa shape index (κ2) is 9.32. The predicted octanol–water partition coefficient (Wildman–Crippen LogP) is 3.38. The third-order valence-corrected chi connectivity index (χ3v) is 4.82. The maximum absolute atomic E-state index is 6.30. The Labute approximate surface area is 160 Å². The van der Waals surface area contributed by atoms with E-state index in [9.17, 15) is 0 Å². The normalized spacial score (nSPS) is 17.8. The van der Waals surface area contributed by atoms with Crippen LogP contribution in [-0.4, -0.2) is 66.3 Å². The molecular weight excluding hydrogens is 322 g/mol. The monoisotopic (exact) mass is 361 g/mol. The summed E-state index contributed by atoms with van der Waals surface area (Å²) in [6, 6.07) is 11.2. The Morgan fingerprint density at radius 1 is 0.962 bits per heavy atom. The van der Waals surface area contributed by atoms with Crippen molar-refractivity contribution in [1.29, 1.82) is 0 Å². The summed E-state index contributed by atoms with van der Waals surface area (Å²) >= 11 is 0. The summed E-state index contributed by atoms with van der Waals surface area (Å²) < 4.78 is 6.30. The van der Waals surface area contributed by atoms with Crippen LogP contribution in [0.3, 0.4) is 0 Å². The van der Waals surface area contributed by atoms with Crippen molar-refractivity contribution in [3.8, 4) is 0 Å². The van der Waals surface area contributed by atoms with Gasteiger partial charge in [-0.05, 0) is 33.3 Å². The topological polar surface area (TPSA) is 27.7 Å². The maximum Gasteiger partial charge on any atom is 0.0753 e. The lowest BCUT2D eigenvalue weighted by molar-refractivity contribution is -0.0670. The van der Waals surface area contributed by atoms with Crippen molar-refractivity contribution in [2.75, 3.05) is 39.3 Å². The van der Waals surface area contributed by atoms with E-state index in [2.05, 4.69) is 87.0 Å². The van der Waals surface area contributed by atoms with E-state index < -0.39 is 0 Å². The molecule has 0 aliphatic carbocycles. The van der Waals surface area contributed by atoms with Gasteiger partial charge in [-0.2, -0.15) is 0 Å². The number of benzene rings is 1. The van der Waals surface area contributed by atoms with Crippen LogP contribution in [0.1, 0.15) is 47.1 Å². The van der Waals surface area contributed by atoms with E-state index in [-0.39, 0.29) is 11.1 Å². The molecule has 148 valence electrons. The Morgan fingerprint density at radius 2 is 1.54 bits per heavy atom. The summed E-state index contributed by atoms with van der Waals surface area (Å²) in [4.78, 5) is 5.10. The second-order valence-corrected chi connectivity index (χ2v) is 9.27.